The number of nitrogens with one attached hydrogen (secondary N) is 2. The first-order chi connectivity index (χ1) is 12.2. The van der Waals surface area contributed by atoms with Crippen LogP contribution in [0.4, 0.5) is 5.69 Å². The van der Waals surface area contributed by atoms with Crippen LogP contribution in [0.3, 0.4) is 0 Å². The third-order valence-electron chi connectivity index (χ3n) is 5.26. The van der Waals surface area contributed by atoms with Crippen LogP contribution in [0.5, 0.6) is 0 Å². The zero-order chi connectivity index (χ0) is 17.2. The number of carbonyl (C=O) groups is 1. The molecule has 0 saturated carbocycles. The van der Waals surface area contributed by atoms with E-state index in [1.807, 2.05) is 24.3 Å². The van der Waals surface area contributed by atoms with Crippen molar-refractivity contribution in [3.63, 3.8) is 0 Å². The monoisotopic (exact) mass is 339 g/mol. The van der Waals surface area contributed by atoms with Crippen LogP contribution < -0.4 is 10.6 Å². The maximum absolute atomic E-state index is 12.5. The molecule has 2 atom stereocenters. The van der Waals surface area contributed by atoms with E-state index in [-0.39, 0.29) is 11.8 Å². The van der Waals surface area contributed by atoms with Crippen molar-refractivity contribution >= 4 is 11.6 Å². The zero-order valence-electron chi connectivity index (χ0n) is 14.7. The van der Waals surface area contributed by atoms with Gasteiger partial charge in [0.25, 0.3) is 0 Å². The van der Waals surface area contributed by atoms with Gasteiger partial charge in [0.2, 0.25) is 5.91 Å². The number of anilines is 1. The quantitative estimate of drug-likeness (QED) is 0.902. The summed E-state index contributed by atoms with van der Waals surface area (Å²) < 4.78 is 2.22. The Morgan fingerprint density at radius 3 is 2.88 bits per heavy atom. The summed E-state index contributed by atoms with van der Waals surface area (Å²) in [6, 6.07) is 8.37. The molecule has 1 amide bonds. The molecule has 0 bridgehead atoms. The van der Waals surface area contributed by atoms with E-state index in [9.17, 15) is 4.79 Å². The first-order valence-electron chi connectivity index (χ1n) is 9.27. The van der Waals surface area contributed by atoms with Gasteiger partial charge in [-0.3, -0.25) is 4.79 Å². The lowest BCUT2D eigenvalue weighted by Gasteiger charge is -2.27. The average Bonchev–Trinajstić information content (AvgIpc) is 3.06. The minimum Gasteiger partial charge on any atom is -0.326 e. The molecule has 3 heterocycles. The number of benzene rings is 1. The summed E-state index contributed by atoms with van der Waals surface area (Å²) in [6.07, 6.45) is 5.19. The van der Waals surface area contributed by atoms with Crippen LogP contribution in [0.15, 0.2) is 24.3 Å². The summed E-state index contributed by atoms with van der Waals surface area (Å²) in [5, 5.41) is 15.1. The highest BCUT2D eigenvalue weighted by atomic mass is 16.1. The Morgan fingerprint density at radius 1 is 1.24 bits per heavy atom. The number of fused-ring (bicyclic) bond motifs is 1. The lowest BCUT2D eigenvalue weighted by Crippen LogP contribution is -2.40. The molecule has 2 N–H and O–H groups in total. The van der Waals surface area contributed by atoms with Crippen molar-refractivity contribution in [3.8, 4) is 11.4 Å². The van der Waals surface area contributed by atoms with E-state index in [4.69, 9.17) is 0 Å². The van der Waals surface area contributed by atoms with Gasteiger partial charge in [0.15, 0.2) is 5.82 Å². The predicted molar refractivity (Wildman–Crippen MR) is 97.2 cm³/mol. The van der Waals surface area contributed by atoms with Gasteiger partial charge in [0.05, 0.1) is 0 Å². The van der Waals surface area contributed by atoms with Gasteiger partial charge < -0.3 is 15.2 Å². The Labute approximate surface area is 148 Å². The van der Waals surface area contributed by atoms with Crippen molar-refractivity contribution < 1.29 is 4.79 Å². The molecule has 6 heteroatoms. The summed E-state index contributed by atoms with van der Waals surface area (Å²) in [5.74, 6) is 2.24. The molecule has 1 aromatic heterocycles. The van der Waals surface area contributed by atoms with Crippen molar-refractivity contribution in [1.29, 1.82) is 0 Å². The van der Waals surface area contributed by atoms with Crippen molar-refractivity contribution in [3.05, 3.63) is 30.1 Å². The summed E-state index contributed by atoms with van der Waals surface area (Å²) in [7, 11) is 0. The topological polar surface area (TPSA) is 71.8 Å². The summed E-state index contributed by atoms with van der Waals surface area (Å²) in [4.78, 5) is 12.5. The smallest absolute Gasteiger partial charge is 0.227 e. The summed E-state index contributed by atoms with van der Waals surface area (Å²) >= 11 is 0. The van der Waals surface area contributed by atoms with Gasteiger partial charge in [0.1, 0.15) is 5.82 Å². The van der Waals surface area contributed by atoms with E-state index in [2.05, 4.69) is 32.3 Å². The molecular weight excluding hydrogens is 314 g/mol. The Morgan fingerprint density at radius 2 is 2.08 bits per heavy atom. The van der Waals surface area contributed by atoms with E-state index in [0.717, 1.165) is 55.3 Å². The maximum Gasteiger partial charge on any atom is 0.227 e. The Kier molecular flexibility index (Phi) is 4.53. The predicted octanol–water partition coefficient (Wildman–Crippen LogP) is 2.61. The van der Waals surface area contributed by atoms with Gasteiger partial charge in [0, 0.05) is 36.2 Å². The highest BCUT2D eigenvalue weighted by Gasteiger charge is 2.24. The number of carbonyl (C=O) groups excluding carboxylic acids is 1. The third-order valence-corrected chi connectivity index (χ3v) is 5.26. The molecule has 2 aliphatic heterocycles. The molecule has 0 aliphatic carbocycles. The number of amides is 1. The van der Waals surface area contributed by atoms with E-state index in [1.165, 1.54) is 12.8 Å². The fourth-order valence-corrected chi connectivity index (χ4v) is 3.84. The number of aromatic nitrogens is 3. The second-order valence-electron chi connectivity index (χ2n) is 7.19. The Balaban J connectivity index is 1.45. The highest BCUT2D eigenvalue weighted by molar-refractivity contribution is 5.92. The average molecular weight is 339 g/mol. The standard InChI is InChI=1S/C19H25N5O/c1-13-12-15(9-10-20-13)19(25)21-16-7-5-14(6-8-16)18-23-22-17-4-2-3-11-24(17)18/h5-8,13,15,20H,2-4,9-12H2,1H3,(H,21,25)/t13-,15-/m0/s1. The first-order valence-corrected chi connectivity index (χ1v) is 9.27. The minimum atomic E-state index is 0.0967. The number of nitrogens with zero attached hydrogens (tertiary/aromatic N) is 3. The lowest BCUT2D eigenvalue weighted by molar-refractivity contribution is -0.120. The fraction of sp³-hybridized carbons (Fsp3) is 0.526. The van der Waals surface area contributed by atoms with E-state index in [0.29, 0.717) is 6.04 Å². The second-order valence-corrected chi connectivity index (χ2v) is 7.19. The number of hydrogen-bond acceptors (Lipinski definition) is 4. The molecule has 0 spiro atoms. The molecule has 2 aliphatic rings. The SMILES string of the molecule is C[C@H]1C[C@@H](C(=O)Nc2ccc(-c3nnc4n3CCCC4)cc2)CCN1. The number of rotatable bonds is 3. The Bertz CT molecular complexity index is 752. The second kappa shape index (κ2) is 6.96. The molecule has 0 radical (unpaired) electrons. The molecule has 25 heavy (non-hydrogen) atoms. The number of piperidine rings is 1. The van der Waals surface area contributed by atoms with Gasteiger partial charge in [-0.25, -0.2) is 0 Å². The minimum absolute atomic E-state index is 0.0967. The number of hydrogen-bond donors (Lipinski definition) is 2. The van der Waals surface area contributed by atoms with Crippen LogP contribution >= 0.6 is 0 Å². The van der Waals surface area contributed by atoms with Gasteiger partial charge in [-0.05, 0) is 63.4 Å². The molecule has 1 saturated heterocycles. The van der Waals surface area contributed by atoms with E-state index < -0.39 is 0 Å². The molecule has 2 aromatic rings. The Hall–Kier alpha value is -2.21. The van der Waals surface area contributed by atoms with Gasteiger partial charge in [-0.2, -0.15) is 0 Å². The van der Waals surface area contributed by atoms with Crippen LogP contribution in [-0.4, -0.2) is 33.3 Å². The highest BCUT2D eigenvalue weighted by Crippen LogP contribution is 2.25. The van der Waals surface area contributed by atoms with E-state index >= 15 is 0 Å². The van der Waals surface area contributed by atoms with E-state index in [1.54, 1.807) is 0 Å². The molecule has 6 nitrogen and oxygen atoms in total. The zero-order valence-corrected chi connectivity index (χ0v) is 14.7. The normalized spacial score (nSPS) is 23.1. The van der Waals surface area contributed by atoms with Crippen LogP contribution in [0, 0.1) is 5.92 Å². The van der Waals surface area contributed by atoms with Gasteiger partial charge in [-0.15, -0.1) is 10.2 Å². The molecular formula is C19H25N5O. The van der Waals surface area contributed by atoms with Crippen molar-refractivity contribution in [2.75, 3.05) is 11.9 Å². The summed E-state index contributed by atoms with van der Waals surface area (Å²) in [5.41, 5.74) is 1.90. The number of aryl methyl sites for hydroxylation is 1. The van der Waals surface area contributed by atoms with Crippen molar-refractivity contribution in [2.45, 2.75) is 51.6 Å². The van der Waals surface area contributed by atoms with Crippen molar-refractivity contribution in [1.82, 2.24) is 20.1 Å². The molecule has 132 valence electrons. The molecule has 4 rings (SSSR count). The molecule has 1 fully saturated rings. The lowest BCUT2D eigenvalue weighted by atomic mass is 9.92. The van der Waals surface area contributed by atoms with Crippen LogP contribution in [-0.2, 0) is 17.8 Å². The van der Waals surface area contributed by atoms with Crippen LogP contribution in [0.2, 0.25) is 0 Å². The molecule has 0 unspecified atom stereocenters. The van der Waals surface area contributed by atoms with Gasteiger partial charge in [-0.1, -0.05) is 0 Å². The van der Waals surface area contributed by atoms with Crippen LogP contribution in [0.1, 0.15) is 38.4 Å². The largest absolute Gasteiger partial charge is 0.326 e. The molecule has 1 aromatic carbocycles. The first kappa shape index (κ1) is 16.3. The summed E-state index contributed by atoms with van der Waals surface area (Å²) in [6.45, 7) is 4.04. The fourth-order valence-electron chi connectivity index (χ4n) is 3.84. The van der Waals surface area contributed by atoms with Crippen molar-refractivity contribution in [2.24, 2.45) is 5.92 Å². The van der Waals surface area contributed by atoms with Crippen LogP contribution in [0.25, 0.3) is 11.4 Å². The maximum atomic E-state index is 12.5. The van der Waals surface area contributed by atoms with Gasteiger partial charge >= 0.3 is 0 Å². The third kappa shape index (κ3) is 3.44.